The topological polar surface area (TPSA) is 72.3 Å². The van der Waals surface area contributed by atoms with Gasteiger partial charge in [-0.2, -0.15) is 5.26 Å². The highest BCUT2D eigenvalue weighted by atomic mass is 32.1. The minimum Gasteiger partial charge on any atom is -0.309 e. The third-order valence-electron chi connectivity index (χ3n) is 12.6. The van der Waals surface area contributed by atoms with E-state index in [0.29, 0.717) is 23.0 Å². The molecule has 65 heavy (non-hydrogen) atoms. The number of thiophene rings is 1. The first-order valence-corrected chi connectivity index (χ1v) is 22.4. The number of benzene rings is 9. The van der Waals surface area contributed by atoms with Crippen LogP contribution in [-0.2, 0) is 0 Å². The van der Waals surface area contributed by atoms with Crippen molar-refractivity contribution in [1.82, 2.24) is 24.1 Å². The van der Waals surface area contributed by atoms with Gasteiger partial charge in [-0.25, -0.2) is 15.0 Å². The molecule has 7 heteroatoms. The Balaban J connectivity index is 1.02. The van der Waals surface area contributed by atoms with E-state index in [0.717, 1.165) is 82.8 Å². The molecule has 0 saturated carbocycles. The number of hydrogen-bond acceptors (Lipinski definition) is 5. The summed E-state index contributed by atoms with van der Waals surface area (Å²) in [5, 5.41) is 18.1. The molecule has 0 aliphatic carbocycles. The van der Waals surface area contributed by atoms with Crippen LogP contribution in [0.15, 0.2) is 206 Å². The molecule has 0 bridgehead atoms. The summed E-state index contributed by atoms with van der Waals surface area (Å²) in [6.45, 7) is 0. The van der Waals surface area contributed by atoms with E-state index in [1.807, 2.05) is 84.1 Å². The molecule has 6 nitrogen and oxygen atoms in total. The van der Waals surface area contributed by atoms with E-state index in [-0.39, 0.29) is 0 Å². The molecule has 4 aromatic heterocycles. The minimum atomic E-state index is 0.491. The summed E-state index contributed by atoms with van der Waals surface area (Å²) < 4.78 is 7.23. The molecule has 13 aromatic rings. The predicted molar refractivity (Wildman–Crippen MR) is 268 cm³/mol. The van der Waals surface area contributed by atoms with E-state index in [1.54, 1.807) is 0 Å². The van der Waals surface area contributed by atoms with Crippen molar-refractivity contribution in [1.29, 1.82) is 5.26 Å². The molecule has 0 aliphatic heterocycles. The Morgan fingerprint density at radius 3 is 1.75 bits per heavy atom. The lowest BCUT2D eigenvalue weighted by atomic mass is 10.0. The van der Waals surface area contributed by atoms with Crippen molar-refractivity contribution in [2.24, 2.45) is 0 Å². The minimum absolute atomic E-state index is 0.491. The largest absolute Gasteiger partial charge is 0.309 e. The van der Waals surface area contributed by atoms with E-state index >= 15 is 0 Å². The molecule has 13 rings (SSSR count). The molecule has 302 valence electrons. The maximum absolute atomic E-state index is 11.1. The fourth-order valence-electron chi connectivity index (χ4n) is 9.67. The van der Waals surface area contributed by atoms with Crippen LogP contribution in [0.5, 0.6) is 0 Å². The Kier molecular flexibility index (Phi) is 8.35. The van der Waals surface area contributed by atoms with E-state index in [4.69, 9.17) is 15.0 Å². The molecule has 4 heterocycles. The summed E-state index contributed by atoms with van der Waals surface area (Å²) in [6, 6.07) is 74.3. The highest BCUT2D eigenvalue weighted by Crippen LogP contribution is 2.44. The van der Waals surface area contributed by atoms with Gasteiger partial charge in [0.1, 0.15) is 6.07 Å². The first-order chi connectivity index (χ1) is 32.2. The number of rotatable bonds is 6. The third-order valence-corrected chi connectivity index (χ3v) is 13.8. The molecule has 0 fully saturated rings. The fraction of sp³-hybridized carbons (Fsp3) is 0. The van der Waals surface area contributed by atoms with Crippen LogP contribution >= 0.6 is 11.3 Å². The normalized spacial score (nSPS) is 11.7. The molecule has 0 saturated heterocycles. The van der Waals surface area contributed by atoms with Crippen LogP contribution in [0.3, 0.4) is 0 Å². The second kappa shape index (κ2) is 14.7. The number of nitriles is 1. The van der Waals surface area contributed by atoms with Gasteiger partial charge in [-0.15, -0.1) is 11.3 Å². The smallest absolute Gasteiger partial charge is 0.164 e. The second-order valence-electron chi connectivity index (χ2n) is 16.3. The van der Waals surface area contributed by atoms with Gasteiger partial charge < -0.3 is 9.13 Å². The summed E-state index contributed by atoms with van der Waals surface area (Å²) in [5.41, 5.74) is 11.4. The molecule has 0 spiro atoms. The monoisotopic (exact) mass is 846 g/mol. The van der Waals surface area contributed by atoms with Crippen LogP contribution in [0.4, 0.5) is 0 Å². The number of fused-ring (bicyclic) bond motifs is 10. The zero-order valence-corrected chi connectivity index (χ0v) is 35.5. The quantitative estimate of drug-likeness (QED) is 0.167. The van der Waals surface area contributed by atoms with Gasteiger partial charge in [0.15, 0.2) is 17.5 Å². The lowest BCUT2D eigenvalue weighted by Gasteiger charge is -2.13. The Hall–Kier alpha value is -8.70. The van der Waals surface area contributed by atoms with Crippen molar-refractivity contribution in [2.45, 2.75) is 0 Å². The molecular formula is C58H34N6S. The Morgan fingerprint density at radius 1 is 0.385 bits per heavy atom. The Labute approximate surface area is 377 Å². The van der Waals surface area contributed by atoms with E-state index in [9.17, 15) is 5.26 Å². The summed E-state index contributed by atoms with van der Waals surface area (Å²) in [7, 11) is 0. The van der Waals surface area contributed by atoms with Crippen molar-refractivity contribution < 1.29 is 0 Å². The second-order valence-corrected chi connectivity index (χ2v) is 17.4. The van der Waals surface area contributed by atoms with Gasteiger partial charge in [0.25, 0.3) is 0 Å². The molecule has 0 radical (unpaired) electrons. The summed E-state index contributed by atoms with van der Waals surface area (Å²) >= 11 is 1.83. The Morgan fingerprint density at radius 2 is 0.985 bits per heavy atom. The molecule has 0 atom stereocenters. The standard InChI is InChI=1S/C58H34N6S/c59-35-41-33-40(58-61-56(37-16-5-2-6-17-37)60-57(62-58)39-19-13-18-38(32-39)36-14-3-1-4-15-36)26-29-48(41)64-49-23-10-7-20-43(49)45-28-30-51-54(55(45)64)46-22-8-11-24-50(46)63(51)42-27-31-53-47(34-42)44-21-9-12-25-52(44)65-53/h1-34H. The van der Waals surface area contributed by atoms with Crippen molar-refractivity contribution in [3.05, 3.63) is 212 Å². The molecular weight excluding hydrogens is 813 g/mol. The van der Waals surface area contributed by atoms with Gasteiger partial charge in [0.2, 0.25) is 0 Å². The highest BCUT2D eigenvalue weighted by molar-refractivity contribution is 7.25. The lowest BCUT2D eigenvalue weighted by molar-refractivity contribution is 1.07. The summed E-state index contributed by atoms with van der Waals surface area (Å²) in [6.07, 6.45) is 0. The van der Waals surface area contributed by atoms with Crippen LogP contribution in [0.1, 0.15) is 5.56 Å². The average molecular weight is 847 g/mol. The summed E-state index contributed by atoms with van der Waals surface area (Å²) in [5.74, 6) is 1.61. The van der Waals surface area contributed by atoms with Gasteiger partial charge in [-0.1, -0.05) is 140 Å². The third kappa shape index (κ3) is 5.89. The summed E-state index contributed by atoms with van der Waals surface area (Å²) in [4.78, 5) is 15.2. The van der Waals surface area contributed by atoms with Crippen LogP contribution in [-0.4, -0.2) is 24.1 Å². The van der Waals surface area contributed by atoms with Crippen molar-refractivity contribution >= 4 is 75.1 Å². The van der Waals surface area contributed by atoms with Crippen molar-refractivity contribution in [3.63, 3.8) is 0 Å². The highest BCUT2D eigenvalue weighted by Gasteiger charge is 2.23. The molecule has 0 unspecified atom stereocenters. The zero-order valence-electron chi connectivity index (χ0n) is 34.7. The molecule has 0 N–H and O–H groups in total. The van der Waals surface area contributed by atoms with Crippen LogP contribution in [0, 0.1) is 11.3 Å². The molecule has 0 aliphatic rings. The van der Waals surface area contributed by atoms with Crippen molar-refractivity contribution in [2.75, 3.05) is 0 Å². The lowest BCUT2D eigenvalue weighted by Crippen LogP contribution is -2.02. The van der Waals surface area contributed by atoms with Crippen LogP contribution in [0.25, 0.3) is 120 Å². The first-order valence-electron chi connectivity index (χ1n) is 21.6. The average Bonchev–Trinajstić information content (AvgIpc) is 4.04. The molecule has 9 aromatic carbocycles. The number of hydrogen-bond donors (Lipinski definition) is 0. The number of aromatic nitrogens is 5. The maximum atomic E-state index is 11.1. The van der Waals surface area contributed by atoms with Gasteiger partial charge in [0.05, 0.1) is 33.3 Å². The van der Waals surface area contributed by atoms with E-state index < -0.39 is 0 Å². The number of para-hydroxylation sites is 2. The van der Waals surface area contributed by atoms with E-state index in [2.05, 4.69) is 149 Å². The van der Waals surface area contributed by atoms with Gasteiger partial charge >= 0.3 is 0 Å². The zero-order chi connectivity index (χ0) is 43.0. The maximum Gasteiger partial charge on any atom is 0.164 e. The van der Waals surface area contributed by atoms with Crippen molar-refractivity contribution in [3.8, 4) is 62.7 Å². The predicted octanol–water partition coefficient (Wildman–Crippen LogP) is 15.0. The van der Waals surface area contributed by atoms with Crippen LogP contribution in [0.2, 0.25) is 0 Å². The van der Waals surface area contributed by atoms with Crippen LogP contribution < -0.4 is 0 Å². The SMILES string of the molecule is N#Cc1cc(-c2nc(-c3ccccc3)nc(-c3cccc(-c4ccccc4)c3)n2)ccc1-n1c2ccccc2c2ccc3c(c4ccccc4n3-c3ccc4sc5ccccc5c4c3)c21. The van der Waals surface area contributed by atoms with Gasteiger partial charge in [0, 0.05) is 64.1 Å². The Bertz CT molecular complexity index is 4080. The van der Waals surface area contributed by atoms with Gasteiger partial charge in [-0.05, 0) is 77.9 Å². The van der Waals surface area contributed by atoms with E-state index in [1.165, 1.54) is 20.2 Å². The fourth-order valence-corrected chi connectivity index (χ4v) is 10.8. The van der Waals surface area contributed by atoms with Gasteiger partial charge in [-0.3, -0.25) is 0 Å². The number of nitrogens with zero attached hydrogens (tertiary/aromatic N) is 6. The first kappa shape index (κ1) is 36.9. The molecule has 0 amide bonds.